The van der Waals surface area contributed by atoms with Gasteiger partial charge in [0.15, 0.2) is 0 Å². The minimum absolute atomic E-state index is 0.352. The zero-order valence-corrected chi connectivity index (χ0v) is 11.0. The van der Waals surface area contributed by atoms with Crippen LogP contribution in [0.3, 0.4) is 0 Å². The van der Waals surface area contributed by atoms with Gasteiger partial charge in [-0.25, -0.2) is 0 Å². The van der Waals surface area contributed by atoms with E-state index in [9.17, 15) is 0 Å². The van der Waals surface area contributed by atoms with Gasteiger partial charge in [-0.2, -0.15) is 0 Å². The molecule has 0 saturated heterocycles. The first-order valence-corrected chi connectivity index (χ1v) is 6.28. The van der Waals surface area contributed by atoms with Crippen molar-refractivity contribution >= 4 is 15.9 Å². The van der Waals surface area contributed by atoms with Crippen LogP contribution in [0.25, 0.3) is 0 Å². The molecule has 0 aliphatic rings. The number of hydrogen-bond acceptors (Lipinski definition) is 1. The second-order valence-corrected chi connectivity index (χ2v) is 4.58. The minimum Gasteiger partial charge on any atom is -0.309 e. The molecule has 2 heteroatoms. The lowest BCUT2D eigenvalue weighted by Gasteiger charge is -2.17. The van der Waals surface area contributed by atoms with Gasteiger partial charge < -0.3 is 5.32 Å². The van der Waals surface area contributed by atoms with Crippen LogP contribution < -0.4 is 5.32 Å². The van der Waals surface area contributed by atoms with Crippen molar-refractivity contribution in [1.82, 2.24) is 5.32 Å². The summed E-state index contributed by atoms with van der Waals surface area (Å²) in [6.45, 7) is 8.48. The Morgan fingerprint density at radius 3 is 2.44 bits per heavy atom. The van der Waals surface area contributed by atoms with Crippen LogP contribution in [0.4, 0.5) is 0 Å². The van der Waals surface area contributed by atoms with Crippen LogP contribution in [-0.4, -0.2) is 6.54 Å². The van der Waals surface area contributed by atoms with E-state index in [1.807, 2.05) is 12.2 Å². The summed E-state index contributed by atoms with van der Waals surface area (Å²) in [6, 6.07) is 8.77. The number of halogens is 1. The molecule has 86 valence electrons. The van der Waals surface area contributed by atoms with E-state index in [4.69, 9.17) is 0 Å². The molecule has 0 fully saturated rings. The Balaban J connectivity index is 2.64. The third kappa shape index (κ3) is 4.33. The van der Waals surface area contributed by atoms with Crippen molar-refractivity contribution in [3.05, 3.63) is 59.6 Å². The van der Waals surface area contributed by atoms with Gasteiger partial charge in [-0.1, -0.05) is 40.2 Å². The number of hydrogen-bond donors (Lipinski definition) is 1. The fourth-order valence-corrected chi connectivity index (χ4v) is 1.82. The van der Waals surface area contributed by atoms with Gasteiger partial charge in [0.05, 0.1) is 0 Å². The Morgan fingerprint density at radius 2 is 1.88 bits per heavy atom. The van der Waals surface area contributed by atoms with E-state index < -0.39 is 0 Å². The van der Waals surface area contributed by atoms with Crippen molar-refractivity contribution in [2.75, 3.05) is 6.54 Å². The van der Waals surface area contributed by atoms with Gasteiger partial charge in [0.2, 0.25) is 0 Å². The van der Waals surface area contributed by atoms with Crippen molar-refractivity contribution in [2.24, 2.45) is 0 Å². The van der Waals surface area contributed by atoms with Crippen LogP contribution in [0.2, 0.25) is 0 Å². The van der Waals surface area contributed by atoms with Crippen molar-refractivity contribution in [2.45, 2.75) is 18.9 Å². The zero-order chi connectivity index (χ0) is 11.8. The summed E-state index contributed by atoms with van der Waals surface area (Å²) in [4.78, 5) is 0. The van der Waals surface area contributed by atoms with Crippen LogP contribution >= 0.6 is 15.9 Å². The molecular formula is C14H18BrN. The molecule has 1 nitrogen and oxygen atoms in total. The Hall–Kier alpha value is -0.860. The highest BCUT2D eigenvalue weighted by Gasteiger charge is 2.07. The molecule has 1 rings (SSSR count). The standard InChI is InChI=1S/C14H18BrN/c1-3-5-11-16-14(6-4-2)12-7-9-13(15)10-8-12/h3-4,7-10,14,16H,1-2,5-6,11H2. The maximum absolute atomic E-state index is 3.80. The average Bonchev–Trinajstić information content (AvgIpc) is 2.29. The fourth-order valence-electron chi connectivity index (χ4n) is 1.56. The number of benzene rings is 1. The molecule has 1 aromatic rings. The molecule has 1 unspecified atom stereocenters. The molecule has 16 heavy (non-hydrogen) atoms. The molecule has 0 heterocycles. The van der Waals surface area contributed by atoms with Crippen molar-refractivity contribution in [1.29, 1.82) is 0 Å². The normalized spacial score (nSPS) is 12.1. The van der Waals surface area contributed by atoms with Gasteiger partial charge in [0.1, 0.15) is 0 Å². The lowest BCUT2D eigenvalue weighted by atomic mass is 10.0. The first kappa shape index (κ1) is 13.2. The Labute approximate surface area is 106 Å². The molecular weight excluding hydrogens is 262 g/mol. The highest BCUT2D eigenvalue weighted by molar-refractivity contribution is 9.10. The van der Waals surface area contributed by atoms with Crippen molar-refractivity contribution < 1.29 is 0 Å². The van der Waals surface area contributed by atoms with Gasteiger partial charge in [-0.15, -0.1) is 13.2 Å². The predicted molar refractivity (Wildman–Crippen MR) is 74.5 cm³/mol. The predicted octanol–water partition coefficient (Wildman–Crippen LogP) is 4.23. The highest BCUT2D eigenvalue weighted by Crippen LogP contribution is 2.19. The summed E-state index contributed by atoms with van der Waals surface area (Å²) in [5, 5.41) is 3.50. The maximum atomic E-state index is 3.80. The van der Waals surface area contributed by atoms with Crippen LogP contribution in [0.5, 0.6) is 0 Å². The molecule has 0 aliphatic carbocycles. The summed E-state index contributed by atoms with van der Waals surface area (Å²) < 4.78 is 1.11. The zero-order valence-electron chi connectivity index (χ0n) is 9.45. The summed E-state index contributed by atoms with van der Waals surface area (Å²) >= 11 is 3.44. The lowest BCUT2D eigenvalue weighted by Crippen LogP contribution is -2.21. The molecule has 0 amide bonds. The van der Waals surface area contributed by atoms with Gasteiger partial charge >= 0.3 is 0 Å². The quantitative estimate of drug-likeness (QED) is 0.582. The Morgan fingerprint density at radius 1 is 1.19 bits per heavy atom. The molecule has 0 aliphatic heterocycles. The van der Waals surface area contributed by atoms with Gasteiger partial charge in [0.25, 0.3) is 0 Å². The van der Waals surface area contributed by atoms with E-state index in [0.29, 0.717) is 6.04 Å². The SMILES string of the molecule is C=CCCNC(CC=C)c1ccc(Br)cc1. The van der Waals surface area contributed by atoms with Gasteiger partial charge in [0, 0.05) is 10.5 Å². The van der Waals surface area contributed by atoms with E-state index in [1.165, 1.54) is 5.56 Å². The highest BCUT2D eigenvalue weighted by atomic mass is 79.9. The summed E-state index contributed by atoms with van der Waals surface area (Å²) in [5.41, 5.74) is 1.30. The van der Waals surface area contributed by atoms with E-state index in [2.05, 4.69) is 58.7 Å². The van der Waals surface area contributed by atoms with Crippen molar-refractivity contribution in [3.63, 3.8) is 0 Å². The van der Waals surface area contributed by atoms with E-state index in [-0.39, 0.29) is 0 Å². The monoisotopic (exact) mass is 279 g/mol. The second-order valence-electron chi connectivity index (χ2n) is 3.66. The smallest absolute Gasteiger partial charge is 0.0354 e. The molecule has 0 aromatic heterocycles. The first-order chi connectivity index (χ1) is 7.77. The van der Waals surface area contributed by atoms with E-state index in [1.54, 1.807) is 0 Å². The Kier molecular flexibility index (Phi) is 6.12. The van der Waals surface area contributed by atoms with Gasteiger partial charge in [-0.3, -0.25) is 0 Å². The molecule has 0 spiro atoms. The van der Waals surface area contributed by atoms with E-state index in [0.717, 1.165) is 23.9 Å². The molecule has 1 aromatic carbocycles. The topological polar surface area (TPSA) is 12.0 Å². The third-order valence-electron chi connectivity index (χ3n) is 2.41. The van der Waals surface area contributed by atoms with E-state index >= 15 is 0 Å². The molecule has 1 N–H and O–H groups in total. The molecule has 0 radical (unpaired) electrons. The van der Waals surface area contributed by atoms with Crippen molar-refractivity contribution in [3.8, 4) is 0 Å². The third-order valence-corrected chi connectivity index (χ3v) is 2.94. The summed E-state index contributed by atoms with van der Waals surface area (Å²) in [7, 11) is 0. The maximum Gasteiger partial charge on any atom is 0.0354 e. The van der Waals surface area contributed by atoms with Crippen LogP contribution in [-0.2, 0) is 0 Å². The molecule has 0 bridgehead atoms. The number of nitrogens with one attached hydrogen (secondary N) is 1. The van der Waals surface area contributed by atoms with Crippen LogP contribution in [0, 0.1) is 0 Å². The van der Waals surface area contributed by atoms with Gasteiger partial charge in [-0.05, 0) is 37.1 Å². The first-order valence-electron chi connectivity index (χ1n) is 5.48. The van der Waals surface area contributed by atoms with Crippen LogP contribution in [0.1, 0.15) is 24.4 Å². The average molecular weight is 280 g/mol. The molecule has 1 atom stereocenters. The second kappa shape index (κ2) is 7.42. The summed E-state index contributed by atoms with van der Waals surface area (Å²) in [5.74, 6) is 0. The number of rotatable bonds is 7. The van der Waals surface area contributed by atoms with Crippen LogP contribution in [0.15, 0.2) is 54.0 Å². The molecule has 0 saturated carbocycles. The largest absolute Gasteiger partial charge is 0.309 e. The summed E-state index contributed by atoms with van der Waals surface area (Å²) in [6.07, 6.45) is 5.82. The minimum atomic E-state index is 0.352. The Bertz CT molecular complexity index is 329. The fraction of sp³-hybridized carbons (Fsp3) is 0.286. The lowest BCUT2D eigenvalue weighted by molar-refractivity contribution is 0.545.